The second kappa shape index (κ2) is 8.23. The zero-order valence-electron chi connectivity index (χ0n) is 14.6. The first-order chi connectivity index (χ1) is 13.1. The fourth-order valence-electron chi connectivity index (χ4n) is 2.73. The second-order valence-corrected chi connectivity index (χ2v) is 5.86. The number of aromatic nitrogens is 3. The summed E-state index contributed by atoms with van der Waals surface area (Å²) < 4.78 is 6.28. The maximum absolute atomic E-state index is 12.4. The molecule has 0 aliphatic carbocycles. The quantitative estimate of drug-likeness (QED) is 0.476. The Hall–Kier alpha value is -2.85. The number of carbonyl (C=O) groups is 1. The Bertz CT molecular complexity index is 911. The topological polar surface area (TPSA) is 130 Å². The van der Waals surface area contributed by atoms with Crippen LogP contribution in [0.4, 0.5) is 5.82 Å². The zero-order chi connectivity index (χ0) is 19.4. The minimum absolute atomic E-state index is 0.278. The van der Waals surface area contributed by atoms with Crippen molar-refractivity contribution in [1.82, 2.24) is 14.5 Å². The molecule has 27 heavy (non-hydrogen) atoms. The van der Waals surface area contributed by atoms with Crippen LogP contribution in [0.3, 0.4) is 0 Å². The number of benzene rings is 1. The molecule has 1 amide bonds. The van der Waals surface area contributed by atoms with Gasteiger partial charge in [0.25, 0.3) is 5.91 Å². The van der Waals surface area contributed by atoms with Crippen molar-refractivity contribution in [1.29, 1.82) is 0 Å². The first-order valence-corrected chi connectivity index (χ1v) is 8.24. The van der Waals surface area contributed by atoms with E-state index in [-0.39, 0.29) is 11.7 Å². The Kier molecular flexibility index (Phi) is 5.77. The Morgan fingerprint density at radius 2 is 1.96 bits per heavy atom. The number of carbonyl (C=O) groups excluding carboxylic acids is 1. The summed E-state index contributed by atoms with van der Waals surface area (Å²) in [6, 6.07) is 10.3. The molecule has 3 aromatic rings. The summed E-state index contributed by atoms with van der Waals surface area (Å²) >= 11 is 0. The van der Waals surface area contributed by atoms with Gasteiger partial charge in [0.15, 0.2) is 6.23 Å². The van der Waals surface area contributed by atoms with Gasteiger partial charge in [-0.15, -0.1) is 0 Å². The van der Waals surface area contributed by atoms with Gasteiger partial charge in [0.1, 0.15) is 30.0 Å². The Morgan fingerprint density at radius 3 is 2.63 bits per heavy atom. The molecule has 2 heterocycles. The van der Waals surface area contributed by atoms with Crippen molar-refractivity contribution < 1.29 is 24.9 Å². The molecule has 3 rings (SSSR count). The fraction of sp³-hybridized carbons (Fsp3) is 0.278. The van der Waals surface area contributed by atoms with Crippen LogP contribution in [0, 0.1) is 0 Å². The maximum Gasteiger partial charge on any atom is 0.256 e. The number of fused-ring (bicyclic) bond motifs is 1. The number of amides is 1. The molecule has 4 N–H and O–H groups in total. The summed E-state index contributed by atoms with van der Waals surface area (Å²) in [6.45, 7) is -0.457. The molecule has 0 bridgehead atoms. The molecule has 3 atom stereocenters. The number of ether oxygens (including phenoxy) is 1. The summed E-state index contributed by atoms with van der Waals surface area (Å²) in [4.78, 5) is 20.6. The van der Waals surface area contributed by atoms with E-state index >= 15 is 0 Å². The first kappa shape index (κ1) is 18.9. The number of nitrogens with zero attached hydrogens (tertiary/aromatic N) is 3. The predicted molar refractivity (Wildman–Crippen MR) is 97.1 cm³/mol. The number of aliphatic hydroxyl groups excluding tert-OH is 3. The van der Waals surface area contributed by atoms with Gasteiger partial charge in [0.2, 0.25) is 0 Å². The zero-order valence-corrected chi connectivity index (χ0v) is 14.6. The van der Waals surface area contributed by atoms with Crippen LogP contribution >= 0.6 is 0 Å². The highest BCUT2D eigenvalue weighted by Crippen LogP contribution is 2.25. The van der Waals surface area contributed by atoms with Crippen molar-refractivity contribution in [2.24, 2.45) is 0 Å². The summed E-state index contributed by atoms with van der Waals surface area (Å²) in [5.41, 5.74) is 0.790. The van der Waals surface area contributed by atoms with Gasteiger partial charge in [-0.2, -0.15) is 0 Å². The standard InChI is InChI=1S/C18H20N4O5/c1-27-13(9-23)14(24)18(26)22-8-7-12-15(19-10-20-16(12)22)21-17(25)11-5-3-2-4-6-11/h2-8,10,13-14,18,23-24,26H,9H2,1H3,(H,19,20,21,25)/t13-,14-,18-/m1/s1. The van der Waals surface area contributed by atoms with Gasteiger partial charge in [-0.05, 0) is 18.2 Å². The van der Waals surface area contributed by atoms with Gasteiger partial charge in [0.05, 0.1) is 12.0 Å². The third-order valence-electron chi connectivity index (χ3n) is 4.23. The monoisotopic (exact) mass is 372 g/mol. The van der Waals surface area contributed by atoms with Gasteiger partial charge in [0, 0.05) is 18.9 Å². The molecule has 9 heteroatoms. The van der Waals surface area contributed by atoms with Crippen LogP contribution in [0.15, 0.2) is 48.9 Å². The van der Waals surface area contributed by atoms with E-state index in [1.54, 1.807) is 30.3 Å². The van der Waals surface area contributed by atoms with E-state index in [0.29, 0.717) is 16.6 Å². The number of rotatable bonds is 7. The Morgan fingerprint density at radius 1 is 1.22 bits per heavy atom. The number of methoxy groups -OCH3 is 1. The van der Waals surface area contributed by atoms with Gasteiger partial charge in [-0.1, -0.05) is 18.2 Å². The van der Waals surface area contributed by atoms with Gasteiger partial charge in [-0.25, -0.2) is 9.97 Å². The van der Waals surface area contributed by atoms with E-state index in [1.165, 1.54) is 24.2 Å². The third kappa shape index (κ3) is 3.81. The molecule has 0 saturated heterocycles. The van der Waals surface area contributed by atoms with Crippen LogP contribution in [0.1, 0.15) is 16.6 Å². The molecule has 142 valence electrons. The predicted octanol–water partition coefficient (Wildman–Crippen LogP) is 0.543. The molecule has 0 unspecified atom stereocenters. The maximum atomic E-state index is 12.4. The molecule has 0 aliphatic rings. The molecule has 9 nitrogen and oxygen atoms in total. The van der Waals surface area contributed by atoms with E-state index in [4.69, 9.17) is 4.74 Å². The number of aliphatic hydroxyl groups is 3. The average Bonchev–Trinajstić information content (AvgIpc) is 3.14. The largest absolute Gasteiger partial charge is 0.394 e. The number of hydrogen-bond donors (Lipinski definition) is 4. The van der Waals surface area contributed by atoms with E-state index in [2.05, 4.69) is 15.3 Å². The van der Waals surface area contributed by atoms with Crippen LogP contribution in [0.5, 0.6) is 0 Å². The van der Waals surface area contributed by atoms with Crippen molar-refractivity contribution in [2.75, 3.05) is 19.0 Å². The van der Waals surface area contributed by atoms with E-state index in [0.717, 1.165) is 0 Å². The van der Waals surface area contributed by atoms with Crippen molar-refractivity contribution in [3.63, 3.8) is 0 Å². The highest BCUT2D eigenvalue weighted by molar-refractivity contribution is 6.07. The number of anilines is 1. The molecule has 1 aromatic carbocycles. The smallest absolute Gasteiger partial charge is 0.256 e. The normalized spacial score (nSPS) is 14.7. The highest BCUT2D eigenvalue weighted by Gasteiger charge is 2.28. The van der Waals surface area contributed by atoms with Crippen LogP contribution < -0.4 is 5.32 Å². The van der Waals surface area contributed by atoms with Crippen molar-refractivity contribution >= 4 is 22.8 Å². The average molecular weight is 372 g/mol. The van der Waals surface area contributed by atoms with Crippen LogP contribution in [0.25, 0.3) is 11.0 Å². The molecule has 0 saturated carbocycles. The molecule has 0 spiro atoms. The summed E-state index contributed by atoms with van der Waals surface area (Å²) in [5.74, 6) is -0.0524. The lowest BCUT2D eigenvalue weighted by Crippen LogP contribution is -2.38. The minimum atomic E-state index is -1.41. The molecule has 0 fully saturated rings. The lowest BCUT2D eigenvalue weighted by atomic mass is 10.2. The van der Waals surface area contributed by atoms with Gasteiger partial charge in [-0.3, -0.25) is 4.79 Å². The van der Waals surface area contributed by atoms with Crippen LogP contribution in [0.2, 0.25) is 0 Å². The molecule has 0 radical (unpaired) electrons. The van der Waals surface area contributed by atoms with Crippen molar-refractivity contribution in [3.8, 4) is 0 Å². The summed E-state index contributed by atoms with van der Waals surface area (Å²) in [6.07, 6.45) is -0.995. The molecular weight excluding hydrogens is 352 g/mol. The Balaban J connectivity index is 1.89. The summed E-state index contributed by atoms with van der Waals surface area (Å²) in [7, 11) is 1.32. The minimum Gasteiger partial charge on any atom is -0.394 e. The van der Waals surface area contributed by atoms with E-state index in [1.807, 2.05) is 6.07 Å². The first-order valence-electron chi connectivity index (χ1n) is 8.24. The van der Waals surface area contributed by atoms with Crippen molar-refractivity contribution in [2.45, 2.75) is 18.4 Å². The van der Waals surface area contributed by atoms with Crippen LogP contribution in [-0.4, -0.2) is 61.7 Å². The fourth-order valence-corrected chi connectivity index (χ4v) is 2.73. The third-order valence-corrected chi connectivity index (χ3v) is 4.23. The summed E-state index contributed by atoms with van der Waals surface area (Å²) in [5, 5.41) is 33.1. The molecular formula is C18H20N4O5. The van der Waals surface area contributed by atoms with Gasteiger partial charge < -0.3 is 29.9 Å². The molecule has 0 aliphatic heterocycles. The van der Waals surface area contributed by atoms with Gasteiger partial charge >= 0.3 is 0 Å². The second-order valence-electron chi connectivity index (χ2n) is 5.86. The molecule has 2 aromatic heterocycles. The number of nitrogens with one attached hydrogen (secondary N) is 1. The van der Waals surface area contributed by atoms with Crippen LogP contribution in [-0.2, 0) is 4.74 Å². The SMILES string of the molecule is CO[C@H](CO)[C@@H](O)[C@@H](O)n1ccc2c(NC(=O)c3ccccc3)ncnc21. The highest BCUT2D eigenvalue weighted by atomic mass is 16.5. The number of hydrogen-bond acceptors (Lipinski definition) is 7. The van der Waals surface area contributed by atoms with E-state index < -0.39 is 25.0 Å². The van der Waals surface area contributed by atoms with E-state index in [9.17, 15) is 20.1 Å². The lowest BCUT2D eigenvalue weighted by Gasteiger charge is -2.25. The Labute approximate surface area is 154 Å². The van der Waals surface area contributed by atoms with Crippen molar-refractivity contribution in [3.05, 3.63) is 54.5 Å². The lowest BCUT2D eigenvalue weighted by molar-refractivity contribution is -0.115.